The van der Waals surface area contributed by atoms with E-state index in [1.165, 1.54) is 30.4 Å². The van der Waals surface area contributed by atoms with Crippen LogP contribution in [0.1, 0.15) is 36.1 Å². The summed E-state index contributed by atoms with van der Waals surface area (Å²) in [4.78, 5) is 10.9. The first-order valence-electron chi connectivity index (χ1n) is 5.82. The summed E-state index contributed by atoms with van der Waals surface area (Å²) in [6, 6.07) is 0. The van der Waals surface area contributed by atoms with Gasteiger partial charge in [-0.15, -0.1) is 0 Å². The van der Waals surface area contributed by atoms with E-state index in [0.717, 1.165) is 17.7 Å². The van der Waals surface area contributed by atoms with Crippen molar-refractivity contribution in [3.8, 4) is 0 Å². The third-order valence-electron chi connectivity index (χ3n) is 3.69. The molecule has 0 spiro atoms. The van der Waals surface area contributed by atoms with E-state index in [0.29, 0.717) is 12.3 Å². The molecule has 1 aromatic rings. The summed E-state index contributed by atoms with van der Waals surface area (Å²) < 4.78 is 5.51. The molecule has 1 fully saturated rings. The van der Waals surface area contributed by atoms with E-state index in [4.69, 9.17) is 10.2 Å². The number of carbonyl (C=O) groups is 1. The topological polar surface area (TPSA) is 56.2 Å². The zero-order chi connectivity index (χ0) is 11.1. The average Bonchev–Trinajstić information content (AvgIpc) is 2.81. The lowest BCUT2D eigenvalue weighted by molar-refractivity contribution is -0.117. The fourth-order valence-electron chi connectivity index (χ4n) is 2.90. The van der Waals surface area contributed by atoms with E-state index in [-0.39, 0.29) is 5.91 Å². The Morgan fingerprint density at radius 3 is 3.25 bits per heavy atom. The summed E-state index contributed by atoms with van der Waals surface area (Å²) >= 11 is 0. The van der Waals surface area contributed by atoms with Crippen molar-refractivity contribution >= 4 is 12.0 Å². The van der Waals surface area contributed by atoms with E-state index >= 15 is 0 Å². The third kappa shape index (κ3) is 1.47. The van der Waals surface area contributed by atoms with Gasteiger partial charge in [-0.05, 0) is 37.7 Å². The lowest BCUT2D eigenvalue weighted by Gasteiger charge is -2.17. The number of hydrogen-bond donors (Lipinski definition) is 1. The second kappa shape index (κ2) is 3.51. The number of furan rings is 1. The molecule has 3 nitrogen and oxygen atoms in total. The first-order chi connectivity index (χ1) is 7.74. The van der Waals surface area contributed by atoms with Crippen molar-refractivity contribution in [1.29, 1.82) is 0 Å². The first kappa shape index (κ1) is 9.70. The fourth-order valence-corrected chi connectivity index (χ4v) is 2.90. The van der Waals surface area contributed by atoms with Gasteiger partial charge in [0.15, 0.2) is 0 Å². The van der Waals surface area contributed by atoms with Gasteiger partial charge in [0.2, 0.25) is 5.91 Å². The van der Waals surface area contributed by atoms with Crippen LogP contribution in [0.5, 0.6) is 0 Å². The molecule has 0 aliphatic heterocycles. The van der Waals surface area contributed by atoms with Crippen molar-refractivity contribution in [3.63, 3.8) is 0 Å². The lowest BCUT2D eigenvalue weighted by Crippen LogP contribution is -2.15. The maximum absolute atomic E-state index is 10.9. The van der Waals surface area contributed by atoms with Gasteiger partial charge in [-0.25, -0.2) is 0 Å². The number of rotatable bonds is 2. The summed E-state index contributed by atoms with van der Waals surface area (Å²) in [5, 5.41) is 0. The SMILES string of the molecule is NC(=O)Cc1coc2c1CC1CCCC1=C2. The molecule has 0 saturated heterocycles. The van der Waals surface area contributed by atoms with Crippen molar-refractivity contribution in [2.75, 3.05) is 0 Å². The van der Waals surface area contributed by atoms with Crippen molar-refractivity contribution in [2.24, 2.45) is 11.7 Å². The van der Waals surface area contributed by atoms with Gasteiger partial charge >= 0.3 is 0 Å². The molecular formula is C13H15NO2. The van der Waals surface area contributed by atoms with Crippen LogP contribution in [-0.2, 0) is 17.6 Å². The normalized spacial score (nSPS) is 22.5. The Kier molecular flexibility index (Phi) is 2.13. The maximum atomic E-state index is 10.9. The highest BCUT2D eigenvalue weighted by atomic mass is 16.3. The van der Waals surface area contributed by atoms with Crippen LogP contribution in [0.15, 0.2) is 16.3 Å². The molecule has 2 aliphatic rings. The molecule has 1 saturated carbocycles. The van der Waals surface area contributed by atoms with Crippen molar-refractivity contribution in [1.82, 2.24) is 0 Å². The van der Waals surface area contributed by atoms with E-state index < -0.39 is 0 Å². The highest BCUT2D eigenvalue weighted by Crippen LogP contribution is 2.41. The van der Waals surface area contributed by atoms with Gasteiger partial charge in [0.1, 0.15) is 5.76 Å². The molecule has 0 radical (unpaired) electrons. The summed E-state index contributed by atoms with van der Waals surface area (Å²) in [5.41, 5.74) is 8.93. The molecular weight excluding hydrogens is 202 g/mol. The summed E-state index contributed by atoms with van der Waals surface area (Å²) in [7, 11) is 0. The molecule has 1 atom stereocenters. The molecule has 1 amide bonds. The van der Waals surface area contributed by atoms with Gasteiger partial charge < -0.3 is 10.2 Å². The third-order valence-corrected chi connectivity index (χ3v) is 3.69. The smallest absolute Gasteiger partial charge is 0.221 e. The van der Waals surface area contributed by atoms with Crippen LogP contribution >= 0.6 is 0 Å². The number of hydrogen-bond acceptors (Lipinski definition) is 2. The molecule has 2 aliphatic carbocycles. The lowest BCUT2D eigenvalue weighted by atomic mass is 9.87. The van der Waals surface area contributed by atoms with Crippen LogP contribution in [0.2, 0.25) is 0 Å². The Morgan fingerprint density at radius 2 is 2.44 bits per heavy atom. The summed E-state index contributed by atoms with van der Waals surface area (Å²) in [6.07, 6.45) is 8.94. The number of allylic oxidation sites excluding steroid dienone is 1. The molecule has 0 aromatic carbocycles. The molecule has 1 aromatic heterocycles. The first-order valence-corrected chi connectivity index (χ1v) is 5.82. The van der Waals surface area contributed by atoms with Crippen LogP contribution in [0.25, 0.3) is 6.08 Å². The fraction of sp³-hybridized carbons (Fsp3) is 0.462. The monoisotopic (exact) mass is 217 g/mol. The van der Waals surface area contributed by atoms with Gasteiger partial charge in [-0.2, -0.15) is 0 Å². The van der Waals surface area contributed by atoms with Crippen LogP contribution in [-0.4, -0.2) is 5.91 Å². The van der Waals surface area contributed by atoms with Crippen molar-refractivity contribution in [3.05, 3.63) is 28.7 Å². The minimum absolute atomic E-state index is 0.287. The molecule has 2 N–H and O–H groups in total. The second-order valence-electron chi connectivity index (χ2n) is 4.76. The van der Waals surface area contributed by atoms with Crippen LogP contribution in [0, 0.1) is 5.92 Å². The molecule has 3 rings (SSSR count). The van der Waals surface area contributed by atoms with Crippen LogP contribution in [0.4, 0.5) is 0 Å². The van der Waals surface area contributed by atoms with Crippen LogP contribution < -0.4 is 5.73 Å². The number of nitrogens with two attached hydrogens (primary N) is 1. The predicted octanol–water partition coefficient (Wildman–Crippen LogP) is 2.05. The van der Waals surface area contributed by atoms with E-state index in [9.17, 15) is 4.79 Å². The Bertz CT molecular complexity index is 470. The molecule has 3 heteroatoms. The van der Waals surface area contributed by atoms with E-state index in [1.807, 2.05) is 0 Å². The highest BCUT2D eigenvalue weighted by molar-refractivity contribution is 5.77. The molecule has 16 heavy (non-hydrogen) atoms. The van der Waals surface area contributed by atoms with Gasteiger partial charge in [-0.3, -0.25) is 4.79 Å². The van der Waals surface area contributed by atoms with Gasteiger partial charge in [0.05, 0.1) is 12.7 Å². The number of fused-ring (bicyclic) bond motifs is 2. The Balaban J connectivity index is 1.96. The predicted molar refractivity (Wildman–Crippen MR) is 60.6 cm³/mol. The molecule has 84 valence electrons. The van der Waals surface area contributed by atoms with Crippen molar-refractivity contribution in [2.45, 2.75) is 32.1 Å². The minimum Gasteiger partial charge on any atom is -0.464 e. The summed E-state index contributed by atoms with van der Waals surface area (Å²) in [6.45, 7) is 0. The largest absolute Gasteiger partial charge is 0.464 e. The second-order valence-corrected chi connectivity index (χ2v) is 4.76. The summed E-state index contributed by atoms with van der Waals surface area (Å²) in [5.74, 6) is 1.34. The Hall–Kier alpha value is -1.51. The van der Waals surface area contributed by atoms with Gasteiger partial charge in [-0.1, -0.05) is 5.57 Å². The molecule has 1 heterocycles. The Labute approximate surface area is 94.3 Å². The maximum Gasteiger partial charge on any atom is 0.221 e. The Morgan fingerprint density at radius 1 is 1.56 bits per heavy atom. The number of amides is 1. The van der Waals surface area contributed by atoms with E-state index in [2.05, 4.69) is 6.08 Å². The highest BCUT2D eigenvalue weighted by Gasteiger charge is 2.29. The zero-order valence-electron chi connectivity index (χ0n) is 9.16. The van der Waals surface area contributed by atoms with Gasteiger partial charge in [0, 0.05) is 11.1 Å². The number of primary amides is 1. The van der Waals surface area contributed by atoms with Crippen LogP contribution in [0.3, 0.4) is 0 Å². The van der Waals surface area contributed by atoms with Crippen molar-refractivity contribution < 1.29 is 9.21 Å². The zero-order valence-corrected chi connectivity index (χ0v) is 9.16. The van der Waals surface area contributed by atoms with Gasteiger partial charge in [0.25, 0.3) is 0 Å². The average molecular weight is 217 g/mol. The standard InChI is InChI=1S/C13H15NO2/c14-13(15)6-10-7-16-12-5-9-3-1-2-8(9)4-11(10)12/h5,7-8H,1-4,6H2,(H2,14,15). The number of carbonyl (C=O) groups excluding carboxylic acids is 1. The van der Waals surface area contributed by atoms with E-state index in [1.54, 1.807) is 6.26 Å². The minimum atomic E-state index is -0.287. The quantitative estimate of drug-likeness (QED) is 0.824. The molecule has 1 unspecified atom stereocenters. The molecule has 0 bridgehead atoms.